The number of hydrogen-bond donors (Lipinski definition) is 4. The van der Waals surface area contributed by atoms with Crippen molar-refractivity contribution in [3.8, 4) is 44.5 Å². The van der Waals surface area contributed by atoms with Gasteiger partial charge in [-0.15, -0.1) is 0 Å². The fourth-order valence-corrected chi connectivity index (χ4v) is 12.8. The van der Waals surface area contributed by atoms with Gasteiger partial charge in [-0.25, -0.2) is 36.3 Å². The van der Waals surface area contributed by atoms with Gasteiger partial charge >= 0.3 is 436 Å². The van der Waals surface area contributed by atoms with Crippen LogP contribution in [0.4, 0.5) is 38.0 Å². The van der Waals surface area contributed by atoms with Gasteiger partial charge in [0.05, 0.1) is 12.5 Å². The van der Waals surface area contributed by atoms with Crippen molar-refractivity contribution in [2.75, 3.05) is 37.6 Å². The molecule has 2 aliphatic carbocycles. The number of aliphatic carboxylic acids is 1. The number of carboxylic acids is 1. The van der Waals surface area contributed by atoms with Crippen molar-refractivity contribution in [3.63, 3.8) is 0 Å². The number of nitrogens with zero attached hydrogens (tertiary/aromatic N) is 4. The number of benzene rings is 6. The normalized spacial score (nSPS) is 16.8. The number of carbonyl (C=O) groups is 2. The summed E-state index contributed by atoms with van der Waals surface area (Å²) < 4.78 is 93.9. The summed E-state index contributed by atoms with van der Waals surface area (Å²) in [7, 11) is 0. The fourth-order valence-electron chi connectivity index (χ4n) is 12.2. The zero-order chi connectivity index (χ0) is 77.3. The molecular formula is C73H66F6K13N7O5S2. The van der Waals surface area contributed by atoms with Crippen molar-refractivity contribution in [3.05, 3.63) is 216 Å². The standard InChI is InChI=1S/C37H32F3N3O2S.C27H23F3N2OS.C9H10N2O2.13K.H/c38-28-8-5-23(6-9-28)31-19-26(22-1-3-24(4-2-22)36(46)43-15-13-37(39,40)14-16-43)17-27-18-29(45-35(27)31)10-11-33(44)32-20-30(32)25-7-12-34(41)42-21-25;28-22-7-5-18(6-8-22)24-15-20(13-21-14-23(16-31)33-25(21)24)17-1-3-19(4-2-17)26(34)32-11-9-27(29,30)10-12-32;10-8-2-1-5(4-11-8)6-3-7(6)9(12)13;;;;;;;;;;;;;;/h1-9,12,17-19,21,30,32H,10-11,13-16,20H2,(H2,41,42);1-8,13-15H,9-12,16,31H2;1-2,4,6-7H,3H2,(H2,10,11)(H,12,13);;;;;;;;;;;;;;/q;;;;;;;;;;;;;;;+1;-1/t30-,32+;;6-,7+;;;;;;;;;;;;;;/m1.1............../s1. The van der Waals surface area contributed by atoms with Crippen molar-refractivity contribution in [2.45, 2.75) is 81.6 Å². The van der Waals surface area contributed by atoms with Crippen LogP contribution in [0.15, 0.2) is 179 Å². The van der Waals surface area contributed by atoms with E-state index < -0.39 is 17.8 Å². The number of Topliss-reactive ketones (excluding diaryl/α,β-unsaturated/α-hetero) is 1. The third-order valence-electron chi connectivity index (χ3n) is 17.7. The van der Waals surface area contributed by atoms with E-state index >= 15 is 0 Å². The molecule has 0 unspecified atom stereocenters. The molecule has 0 spiro atoms. The molecule has 4 aromatic heterocycles. The second kappa shape index (κ2) is 57.9. The van der Waals surface area contributed by atoms with E-state index in [1.54, 1.807) is 48.8 Å². The molecule has 4 aliphatic rings. The fraction of sp³-hybridized carbons (Fsp3) is 0.260. The molecule has 2 aliphatic heterocycles. The number of carbonyl (C=O) groups excluding carboxylic acids is 1. The van der Waals surface area contributed by atoms with Gasteiger partial charge in [-0.2, -0.15) is 0 Å². The molecule has 33 heteroatoms. The number of nitrogens with two attached hydrogens (primary N) is 3. The molecule has 4 fully saturated rings. The predicted octanol–water partition coefficient (Wildman–Crippen LogP) is 8.77. The Morgan fingerprint density at radius 1 is 0.500 bits per heavy atom. The van der Waals surface area contributed by atoms with E-state index in [0.29, 0.717) is 57.1 Å². The Morgan fingerprint density at radius 2 is 0.849 bits per heavy atom. The number of alkyl halides is 4. The van der Waals surface area contributed by atoms with E-state index in [9.17, 15) is 35.9 Å². The Morgan fingerprint density at radius 3 is 1.20 bits per heavy atom. The molecule has 4 atom stereocenters. The van der Waals surface area contributed by atoms with Crippen LogP contribution in [-0.2, 0) is 22.6 Å². The van der Waals surface area contributed by atoms with E-state index in [0.717, 1.165) is 90.4 Å². The Bertz CT molecular complexity index is 4440. The summed E-state index contributed by atoms with van der Waals surface area (Å²) in [6.45, 7) is 1.27. The maximum absolute atomic E-state index is 13.8. The van der Waals surface area contributed by atoms with Crippen LogP contribution in [0.1, 0.15) is 92.0 Å². The van der Waals surface area contributed by atoms with Gasteiger partial charge in [0.25, 0.3) is 11.8 Å². The Labute approximate surface area is 943 Å². The second-order valence-electron chi connectivity index (χ2n) is 24.2. The predicted molar refractivity (Wildman–Crippen MR) is 427 cm³/mol. The number of furan rings is 2. The molecule has 7 N–H and O–H groups in total. The van der Waals surface area contributed by atoms with Crippen molar-refractivity contribution in [1.29, 1.82) is 0 Å². The van der Waals surface area contributed by atoms with E-state index in [-0.39, 0.29) is 152 Å². The number of likely N-dealkylation sites (tertiary alicyclic amines) is 2. The van der Waals surface area contributed by atoms with E-state index in [2.05, 4.69) is 9.97 Å². The third-order valence-corrected chi connectivity index (χ3v) is 18.7. The summed E-state index contributed by atoms with van der Waals surface area (Å²) in [4.78, 5) is 36.5. The topological polar surface area (TPSA) is 191 Å². The van der Waals surface area contributed by atoms with Crippen LogP contribution >= 0.6 is 24.4 Å². The summed E-state index contributed by atoms with van der Waals surface area (Å²) in [6.07, 6.45) is 5.06. The van der Waals surface area contributed by atoms with Gasteiger partial charge in [-0.3, -0.25) is 9.59 Å². The number of pyridine rings is 2. The Balaban J connectivity index is 0.000000347. The van der Waals surface area contributed by atoms with Crippen LogP contribution in [-0.4, -0.2) is 464 Å². The number of nitrogen functional groups attached to an aromatic ring is 2. The molecule has 106 heavy (non-hydrogen) atoms. The molecule has 490 valence electrons. The molecule has 0 bridgehead atoms. The second-order valence-corrected chi connectivity index (χ2v) is 25.0. The van der Waals surface area contributed by atoms with Crippen LogP contribution < -0.4 is 68.6 Å². The number of piperidine rings is 2. The summed E-state index contributed by atoms with van der Waals surface area (Å²) in [6, 6.07) is 47.4. The minimum atomic E-state index is -2.63. The van der Waals surface area contributed by atoms with Crippen LogP contribution in [0.25, 0.3) is 66.4 Å². The monoisotopic (exact) mass is 1800 g/mol. The maximum atomic E-state index is 13.8. The zero-order valence-corrected chi connectivity index (χ0v) is 106. The quantitative estimate of drug-likeness (QED) is 0.0459. The van der Waals surface area contributed by atoms with Gasteiger partial charge in [-0.05, 0) is 142 Å². The molecule has 0 amide bonds. The Hall–Kier alpha value is 12.0. The van der Waals surface area contributed by atoms with E-state index in [1.807, 2.05) is 107 Å². The molecule has 6 aromatic carbocycles. The first kappa shape index (κ1) is 109. The SMILES string of the molecule is NCc1cc2cc(-c3ccc(C(=S)N4CCC(F)(F)CC4)cc3)cc(-c3ccc(F)cc3)c2o1.Nc1ccc([C@H]2C[C@@H]2C(=O)CCc2cc3cc(-c4ccc(C(=S)N5CCC(F)(F)CC5)cc4)cc(-c4ccc(F)cc4)c3o2)cn1.Nc1ccc([C@H]2C[C@@H]2C(=O)O)cn1.[H-].[K+].[K][K].[K][K].[K][K].[K][K].[K][K].[K][K]. The molecular weight excluding hydrogens is 1740 g/mol. The van der Waals surface area contributed by atoms with Crippen molar-refractivity contribution >= 4 is 459 Å². The molecule has 0 radical (unpaired) electrons. The van der Waals surface area contributed by atoms with Crippen LogP contribution in [0.5, 0.6) is 0 Å². The van der Waals surface area contributed by atoms with Crippen LogP contribution in [0, 0.1) is 23.5 Å². The van der Waals surface area contributed by atoms with Gasteiger partial charge in [0.15, 0.2) is 0 Å². The first-order valence-electron chi connectivity index (χ1n) is 36.7. The Kier molecular flexibility index (Phi) is 59.2. The number of halogens is 6. The van der Waals surface area contributed by atoms with Crippen molar-refractivity contribution in [1.82, 2.24) is 19.8 Å². The van der Waals surface area contributed by atoms with Gasteiger partial charge in [-0.1, -0.05) is 109 Å². The van der Waals surface area contributed by atoms with E-state index in [1.165, 1.54) is 403 Å². The first-order chi connectivity index (χ1) is 50.6. The van der Waals surface area contributed by atoms with E-state index in [4.69, 9.17) is 55.6 Å². The summed E-state index contributed by atoms with van der Waals surface area (Å²) in [5, 5.41) is 10.5. The summed E-state index contributed by atoms with van der Waals surface area (Å²) in [5.74, 6) is -3.96. The summed E-state index contributed by atoms with van der Waals surface area (Å²) in [5.41, 5.74) is 29.1. The van der Waals surface area contributed by atoms with Gasteiger partial charge in [0, 0.05) is 116 Å². The van der Waals surface area contributed by atoms with Gasteiger partial charge in [0.2, 0.25) is 0 Å². The number of aryl methyl sites for hydroxylation is 1. The number of hydrogen-bond acceptors (Lipinski definition) is 11. The number of carboxylic acid groups (broad SMARTS) is 1. The molecule has 6 heterocycles. The van der Waals surface area contributed by atoms with Crippen LogP contribution in [0.3, 0.4) is 0 Å². The first-order valence-corrected chi connectivity index (χ1v) is 134. The van der Waals surface area contributed by atoms with Gasteiger partial charge < -0.3 is 42.4 Å². The van der Waals surface area contributed by atoms with Crippen molar-refractivity contribution in [2.24, 2.45) is 17.6 Å². The number of fused-ring (bicyclic) bond motifs is 2. The molecule has 14 rings (SSSR count). The van der Waals surface area contributed by atoms with Crippen LogP contribution in [0.2, 0.25) is 0 Å². The molecule has 2 saturated heterocycles. The molecule has 2 saturated carbocycles. The summed E-state index contributed by atoms with van der Waals surface area (Å²) >= 11 is 26.2. The molecule has 10 aromatic rings. The number of anilines is 2. The number of aromatic nitrogens is 2. The average Bonchev–Trinajstić information content (AvgIpc) is 1.56. The number of thiocarbonyl (C=S) groups is 2. The third kappa shape index (κ3) is 34.5. The van der Waals surface area contributed by atoms with Gasteiger partial charge in [0.1, 0.15) is 61.7 Å². The number of ketones is 1. The van der Waals surface area contributed by atoms with Crippen molar-refractivity contribution < 1.29 is 103 Å². The minimum absolute atomic E-state index is 0. The zero-order valence-electron chi connectivity index (χ0n) is 64.4. The number of rotatable bonds is 14. The average molecular weight is 1810 g/mol. The molecule has 12 nitrogen and oxygen atoms in total.